The van der Waals surface area contributed by atoms with E-state index >= 15 is 0 Å². The van der Waals surface area contributed by atoms with Crippen LogP contribution in [0.2, 0.25) is 0 Å². The number of para-hydroxylation sites is 2. The Morgan fingerprint density at radius 2 is 1.50 bits per heavy atom. The van der Waals surface area contributed by atoms with Gasteiger partial charge in [-0.3, -0.25) is 10.1 Å². The van der Waals surface area contributed by atoms with Crippen LogP contribution >= 0.6 is 0 Å². The van der Waals surface area contributed by atoms with Crippen molar-refractivity contribution in [2.45, 2.75) is 0 Å². The molecule has 0 spiro atoms. The predicted molar refractivity (Wildman–Crippen MR) is 103 cm³/mol. The Kier molecular flexibility index (Phi) is 3.82. The number of hydrogen-bond acceptors (Lipinski definition) is 4. The molecule has 0 bridgehead atoms. The summed E-state index contributed by atoms with van der Waals surface area (Å²) in [6.07, 6.45) is 3.56. The third kappa shape index (κ3) is 2.75. The number of hydrogen-bond donors (Lipinski definition) is 1. The summed E-state index contributed by atoms with van der Waals surface area (Å²) >= 11 is 0. The Labute approximate surface area is 149 Å². The Morgan fingerprint density at radius 3 is 2.12 bits per heavy atom. The first-order valence-corrected chi connectivity index (χ1v) is 8.06. The molecule has 4 rings (SSSR count). The fourth-order valence-electron chi connectivity index (χ4n) is 3.01. The van der Waals surface area contributed by atoms with E-state index in [0.717, 1.165) is 27.4 Å². The van der Waals surface area contributed by atoms with Crippen LogP contribution in [0, 0.1) is 10.1 Å². The SMILES string of the molecule is O=[N+]([O-])c1ccc(O)c(C=Cc2c3ccccc3nc3ccccc23)c1. The third-order valence-corrected chi connectivity index (χ3v) is 4.28. The van der Waals surface area contributed by atoms with Crippen molar-refractivity contribution in [3.63, 3.8) is 0 Å². The van der Waals surface area contributed by atoms with Gasteiger partial charge in [-0.15, -0.1) is 0 Å². The highest BCUT2D eigenvalue weighted by Gasteiger charge is 2.10. The van der Waals surface area contributed by atoms with Crippen molar-refractivity contribution in [2.75, 3.05) is 0 Å². The number of phenolic OH excluding ortho intramolecular Hbond substituents is 1. The zero-order chi connectivity index (χ0) is 18.1. The lowest BCUT2D eigenvalue weighted by atomic mass is 10.0. The third-order valence-electron chi connectivity index (χ3n) is 4.28. The van der Waals surface area contributed by atoms with E-state index in [-0.39, 0.29) is 11.4 Å². The molecule has 0 amide bonds. The van der Waals surface area contributed by atoms with Crippen LogP contribution in [0.25, 0.3) is 34.0 Å². The maximum absolute atomic E-state index is 11.0. The van der Waals surface area contributed by atoms with Gasteiger partial charge in [-0.1, -0.05) is 48.6 Å². The van der Waals surface area contributed by atoms with E-state index in [1.807, 2.05) is 54.6 Å². The van der Waals surface area contributed by atoms with Gasteiger partial charge in [0.2, 0.25) is 0 Å². The number of fused-ring (bicyclic) bond motifs is 2. The van der Waals surface area contributed by atoms with E-state index < -0.39 is 4.92 Å². The summed E-state index contributed by atoms with van der Waals surface area (Å²) in [5.41, 5.74) is 3.02. The number of nitro benzene ring substituents is 1. The lowest BCUT2D eigenvalue weighted by Crippen LogP contribution is -1.89. The smallest absolute Gasteiger partial charge is 0.270 e. The average Bonchev–Trinajstić information content (AvgIpc) is 2.66. The van der Waals surface area contributed by atoms with E-state index in [1.165, 1.54) is 18.2 Å². The molecule has 26 heavy (non-hydrogen) atoms. The molecule has 126 valence electrons. The van der Waals surface area contributed by atoms with Gasteiger partial charge in [0.25, 0.3) is 5.69 Å². The van der Waals surface area contributed by atoms with Gasteiger partial charge < -0.3 is 5.11 Å². The predicted octanol–water partition coefficient (Wildman–Crippen LogP) is 5.17. The van der Waals surface area contributed by atoms with Crippen molar-refractivity contribution in [1.82, 2.24) is 4.98 Å². The number of nitrogens with zero attached hydrogens (tertiary/aromatic N) is 2. The van der Waals surface area contributed by atoms with E-state index in [0.29, 0.717) is 5.56 Å². The van der Waals surface area contributed by atoms with Crippen molar-refractivity contribution >= 4 is 39.6 Å². The van der Waals surface area contributed by atoms with Crippen molar-refractivity contribution in [1.29, 1.82) is 0 Å². The van der Waals surface area contributed by atoms with Crippen molar-refractivity contribution < 1.29 is 10.0 Å². The minimum atomic E-state index is -0.478. The molecule has 0 aliphatic rings. The number of benzene rings is 3. The summed E-state index contributed by atoms with van der Waals surface area (Å²) in [4.78, 5) is 15.2. The van der Waals surface area contributed by atoms with Gasteiger partial charge in [0, 0.05) is 28.5 Å². The van der Waals surface area contributed by atoms with Crippen LogP contribution in [0.15, 0.2) is 66.7 Å². The van der Waals surface area contributed by atoms with Crippen LogP contribution in [0.1, 0.15) is 11.1 Å². The molecule has 0 aliphatic carbocycles. The molecule has 5 nitrogen and oxygen atoms in total. The van der Waals surface area contributed by atoms with E-state index in [2.05, 4.69) is 4.98 Å². The number of rotatable bonds is 3. The van der Waals surface area contributed by atoms with E-state index in [9.17, 15) is 15.2 Å². The second kappa shape index (κ2) is 6.29. The van der Waals surface area contributed by atoms with Gasteiger partial charge >= 0.3 is 0 Å². The van der Waals surface area contributed by atoms with Crippen LogP contribution < -0.4 is 0 Å². The molecule has 0 saturated heterocycles. The summed E-state index contributed by atoms with van der Waals surface area (Å²) < 4.78 is 0. The van der Waals surface area contributed by atoms with Gasteiger partial charge in [-0.05, 0) is 23.8 Å². The zero-order valence-electron chi connectivity index (χ0n) is 13.7. The summed E-state index contributed by atoms with van der Waals surface area (Å²) in [5.74, 6) is -0.00508. The quantitative estimate of drug-likeness (QED) is 0.316. The van der Waals surface area contributed by atoms with Crippen molar-refractivity contribution in [2.24, 2.45) is 0 Å². The summed E-state index contributed by atoms with van der Waals surface area (Å²) in [7, 11) is 0. The van der Waals surface area contributed by atoms with Crippen LogP contribution in [-0.2, 0) is 0 Å². The Balaban J connectivity index is 1.92. The fourth-order valence-corrected chi connectivity index (χ4v) is 3.01. The number of aromatic nitrogens is 1. The largest absolute Gasteiger partial charge is 0.507 e. The van der Waals surface area contributed by atoms with Gasteiger partial charge in [-0.25, -0.2) is 4.98 Å². The molecule has 0 radical (unpaired) electrons. The molecule has 0 aliphatic heterocycles. The van der Waals surface area contributed by atoms with Crippen molar-refractivity contribution in [3.05, 3.63) is 88.0 Å². The normalized spacial score (nSPS) is 11.4. The Hall–Kier alpha value is -3.73. The summed E-state index contributed by atoms with van der Waals surface area (Å²) in [6.45, 7) is 0. The molecule has 0 fully saturated rings. The van der Waals surface area contributed by atoms with Gasteiger partial charge in [0.15, 0.2) is 0 Å². The number of non-ortho nitro benzene ring substituents is 1. The fraction of sp³-hybridized carbons (Fsp3) is 0. The highest BCUT2D eigenvalue weighted by molar-refractivity contribution is 6.04. The molecule has 0 atom stereocenters. The molecule has 3 aromatic carbocycles. The summed E-state index contributed by atoms with van der Waals surface area (Å²) in [6, 6.07) is 19.6. The van der Waals surface area contributed by atoms with Crippen LogP contribution in [-0.4, -0.2) is 15.0 Å². The number of pyridine rings is 1. The van der Waals surface area contributed by atoms with Gasteiger partial charge in [0.1, 0.15) is 5.75 Å². The molecule has 1 aromatic heterocycles. The van der Waals surface area contributed by atoms with Gasteiger partial charge in [0.05, 0.1) is 16.0 Å². The first kappa shape index (κ1) is 15.8. The van der Waals surface area contributed by atoms with Gasteiger partial charge in [-0.2, -0.15) is 0 Å². The molecule has 5 heteroatoms. The van der Waals surface area contributed by atoms with Crippen LogP contribution in [0.3, 0.4) is 0 Å². The minimum absolute atomic E-state index is 0.00508. The first-order valence-electron chi connectivity index (χ1n) is 8.06. The van der Waals surface area contributed by atoms with Crippen LogP contribution in [0.4, 0.5) is 5.69 Å². The molecule has 1 heterocycles. The number of phenols is 1. The monoisotopic (exact) mass is 342 g/mol. The highest BCUT2D eigenvalue weighted by Crippen LogP contribution is 2.29. The average molecular weight is 342 g/mol. The maximum Gasteiger partial charge on any atom is 0.270 e. The number of aromatic hydroxyl groups is 1. The molecule has 0 saturated carbocycles. The summed E-state index contributed by atoms with van der Waals surface area (Å²) in [5, 5.41) is 23.0. The molecular weight excluding hydrogens is 328 g/mol. The molecule has 1 N–H and O–H groups in total. The molecular formula is C21H14N2O3. The topological polar surface area (TPSA) is 76.3 Å². The van der Waals surface area contributed by atoms with E-state index in [1.54, 1.807) is 6.08 Å². The lowest BCUT2D eigenvalue weighted by Gasteiger charge is -2.07. The Bertz CT molecular complexity index is 1130. The zero-order valence-corrected chi connectivity index (χ0v) is 13.7. The van der Waals surface area contributed by atoms with Crippen molar-refractivity contribution in [3.8, 4) is 5.75 Å². The lowest BCUT2D eigenvalue weighted by molar-refractivity contribution is -0.384. The highest BCUT2D eigenvalue weighted by atomic mass is 16.6. The minimum Gasteiger partial charge on any atom is -0.507 e. The maximum atomic E-state index is 11.0. The standard InChI is InChI=1S/C21H14N2O3/c24-21-12-10-15(23(25)26)13-14(21)9-11-16-17-5-1-3-7-19(17)22-20-8-4-2-6-18(16)20/h1-13,24H. The van der Waals surface area contributed by atoms with E-state index in [4.69, 9.17) is 0 Å². The Morgan fingerprint density at radius 1 is 0.885 bits per heavy atom. The second-order valence-electron chi connectivity index (χ2n) is 5.89. The number of nitro groups is 1. The molecule has 0 unspecified atom stereocenters. The van der Waals surface area contributed by atoms with Crippen LogP contribution in [0.5, 0.6) is 5.75 Å². The second-order valence-corrected chi connectivity index (χ2v) is 5.89. The molecule has 4 aromatic rings. The first-order chi connectivity index (χ1) is 12.6.